The van der Waals surface area contributed by atoms with Crippen LogP contribution in [0.1, 0.15) is 59.5 Å². The van der Waals surface area contributed by atoms with E-state index in [1.165, 1.54) is 16.9 Å². The number of aromatic hydroxyl groups is 1. The number of amides is 1. The third-order valence-corrected chi connectivity index (χ3v) is 6.11. The van der Waals surface area contributed by atoms with Crippen LogP contribution in [-0.4, -0.2) is 45.1 Å². The topological polar surface area (TPSA) is 82.9 Å². The lowest BCUT2D eigenvalue weighted by Gasteiger charge is -2.44. The van der Waals surface area contributed by atoms with E-state index < -0.39 is 34.5 Å². The van der Waals surface area contributed by atoms with Crippen molar-refractivity contribution >= 4 is 11.7 Å². The van der Waals surface area contributed by atoms with E-state index in [0.29, 0.717) is 6.54 Å². The Balaban J connectivity index is 1.71. The number of halogens is 2. The van der Waals surface area contributed by atoms with Crippen molar-refractivity contribution in [3.63, 3.8) is 0 Å². The fourth-order valence-corrected chi connectivity index (χ4v) is 4.51. The average molecular weight is 431 g/mol. The Morgan fingerprint density at radius 2 is 1.97 bits per heavy atom. The van der Waals surface area contributed by atoms with E-state index in [4.69, 9.17) is 0 Å². The number of fused-ring (bicyclic) bond motifs is 3. The van der Waals surface area contributed by atoms with Crippen LogP contribution in [0.3, 0.4) is 0 Å². The van der Waals surface area contributed by atoms with Gasteiger partial charge in [0.05, 0.1) is 5.56 Å². The lowest BCUT2D eigenvalue weighted by atomic mass is 10.0. The molecule has 1 aromatic heterocycles. The Kier molecular flexibility index (Phi) is 5.28. The standard InChI is InChI=1S/C22H23F2N3O4/c1-3-25-18-9-4-12(2)27(18)26-11-15(20(29)21(30)19(26)22(25)31)17(28)8-6-13-5-7-14(23)10-16(13)24/h5,7,10-12,18,30H,3-4,6,8-9H2,1-2H3/t12-,18+/m1/s1. The zero-order valence-electron chi connectivity index (χ0n) is 17.3. The van der Waals surface area contributed by atoms with Crippen LogP contribution in [0.5, 0.6) is 5.75 Å². The lowest BCUT2D eigenvalue weighted by Crippen LogP contribution is -2.60. The average Bonchev–Trinajstić information content (AvgIpc) is 3.11. The lowest BCUT2D eigenvalue weighted by molar-refractivity contribution is 0.0600. The minimum absolute atomic E-state index is 0.0296. The number of carbonyl (C=O) groups is 2. The molecule has 0 saturated carbocycles. The molecule has 2 aliphatic heterocycles. The SMILES string of the molecule is CCN1C(=O)c2c(O)c(=O)c(C(=O)CCc3ccc(F)cc3F)cn2N2[C@H](C)CC[C@@H]12. The molecule has 9 heteroatoms. The van der Waals surface area contributed by atoms with Crippen molar-refractivity contribution in [2.24, 2.45) is 0 Å². The summed E-state index contributed by atoms with van der Waals surface area (Å²) in [6, 6.07) is 3.12. The molecule has 1 fully saturated rings. The Labute approximate surface area is 177 Å². The quantitative estimate of drug-likeness (QED) is 0.736. The summed E-state index contributed by atoms with van der Waals surface area (Å²) in [5.74, 6) is -3.30. The van der Waals surface area contributed by atoms with E-state index in [0.717, 1.165) is 25.0 Å². The molecule has 1 aromatic carbocycles. The van der Waals surface area contributed by atoms with E-state index in [2.05, 4.69) is 0 Å². The summed E-state index contributed by atoms with van der Waals surface area (Å²) in [7, 11) is 0. The number of rotatable bonds is 5. The van der Waals surface area contributed by atoms with E-state index in [1.54, 1.807) is 4.90 Å². The first kappa shape index (κ1) is 21.0. The Morgan fingerprint density at radius 3 is 2.65 bits per heavy atom. The number of ketones is 1. The van der Waals surface area contributed by atoms with Gasteiger partial charge in [0, 0.05) is 31.3 Å². The van der Waals surface area contributed by atoms with E-state index in [9.17, 15) is 28.3 Å². The van der Waals surface area contributed by atoms with Gasteiger partial charge in [-0.05, 0) is 44.7 Å². The zero-order valence-corrected chi connectivity index (χ0v) is 17.3. The van der Waals surface area contributed by atoms with Crippen molar-refractivity contribution in [1.82, 2.24) is 9.58 Å². The van der Waals surface area contributed by atoms with Crippen LogP contribution in [-0.2, 0) is 6.42 Å². The molecule has 1 amide bonds. The number of carbonyl (C=O) groups excluding carboxylic acids is 2. The van der Waals surface area contributed by atoms with Crippen LogP contribution in [0.2, 0.25) is 0 Å². The molecule has 0 unspecified atom stereocenters. The fourth-order valence-electron chi connectivity index (χ4n) is 4.51. The van der Waals surface area contributed by atoms with Gasteiger partial charge >= 0.3 is 0 Å². The first-order valence-electron chi connectivity index (χ1n) is 10.3. The Morgan fingerprint density at radius 1 is 1.23 bits per heavy atom. The smallest absolute Gasteiger partial charge is 0.278 e. The summed E-state index contributed by atoms with van der Waals surface area (Å²) in [6.07, 6.45) is 2.40. The highest BCUT2D eigenvalue weighted by atomic mass is 19.1. The number of hydrogen-bond donors (Lipinski definition) is 1. The predicted octanol–water partition coefficient (Wildman–Crippen LogP) is 2.57. The molecule has 2 aromatic rings. The maximum atomic E-state index is 13.9. The molecule has 31 heavy (non-hydrogen) atoms. The van der Waals surface area contributed by atoms with Crippen molar-refractivity contribution in [3.8, 4) is 5.75 Å². The summed E-state index contributed by atoms with van der Waals surface area (Å²) in [4.78, 5) is 40.1. The Bertz CT molecular complexity index is 1130. The molecular formula is C22H23F2N3O4. The maximum Gasteiger partial charge on any atom is 0.278 e. The maximum absolute atomic E-state index is 13.9. The van der Waals surface area contributed by atoms with Gasteiger partial charge in [0.15, 0.2) is 17.2 Å². The second-order valence-electron chi connectivity index (χ2n) is 7.95. The number of nitrogens with zero attached hydrogens (tertiary/aromatic N) is 3. The number of Topliss-reactive ketones (excluding diaryl/α,β-unsaturated/α-hetero) is 1. The van der Waals surface area contributed by atoms with Gasteiger partial charge in [-0.3, -0.25) is 24.1 Å². The van der Waals surface area contributed by atoms with Gasteiger partial charge < -0.3 is 10.0 Å². The fraction of sp³-hybridized carbons (Fsp3) is 0.409. The molecule has 1 N–H and O–H groups in total. The van der Waals surface area contributed by atoms with Gasteiger partial charge in [0.2, 0.25) is 5.43 Å². The van der Waals surface area contributed by atoms with Gasteiger partial charge in [-0.2, -0.15) is 0 Å². The molecule has 0 aliphatic carbocycles. The number of pyridine rings is 1. The number of hydrogen-bond acceptors (Lipinski definition) is 5. The molecule has 4 rings (SSSR count). The zero-order chi connectivity index (χ0) is 22.4. The second kappa shape index (κ2) is 7.79. The predicted molar refractivity (Wildman–Crippen MR) is 109 cm³/mol. The van der Waals surface area contributed by atoms with Gasteiger partial charge in [-0.25, -0.2) is 8.78 Å². The van der Waals surface area contributed by atoms with Crippen molar-refractivity contribution in [2.75, 3.05) is 11.6 Å². The van der Waals surface area contributed by atoms with Crippen molar-refractivity contribution in [2.45, 2.75) is 51.7 Å². The highest BCUT2D eigenvalue weighted by Crippen LogP contribution is 2.33. The van der Waals surface area contributed by atoms with Gasteiger partial charge in [-0.15, -0.1) is 0 Å². The molecule has 2 aliphatic rings. The van der Waals surface area contributed by atoms with Crippen molar-refractivity contribution < 1.29 is 23.5 Å². The molecule has 0 bridgehead atoms. The number of aromatic nitrogens is 1. The van der Waals surface area contributed by atoms with Crippen LogP contribution in [0.4, 0.5) is 8.78 Å². The molecule has 0 radical (unpaired) electrons. The molecule has 7 nitrogen and oxygen atoms in total. The van der Waals surface area contributed by atoms with Crippen LogP contribution >= 0.6 is 0 Å². The van der Waals surface area contributed by atoms with Crippen LogP contribution in [0, 0.1) is 11.6 Å². The first-order valence-corrected chi connectivity index (χ1v) is 10.3. The summed E-state index contributed by atoms with van der Waals surface area (Å²) >= 11 is 0. The summed E-state index contributed by atoms with van der Waals surface area (Å²) in [5, 5.41) is 12.5. The third kappa shape index (κ3) is 3.37. The van der Waals surface area contributed by atoms with Crippen LogP contribution in [0.25, 0.3) is 0 Å². The van der Waals surface area contributed by atoms with E-state index in [1.807, 2.05) is 18.9 Å². The van der Waals surface area contributed by atoms with Crippen molar-refractivity contribution in [3.05, 3.63) is 63.1 Å². The van der Waals surface area contributed by atoms with Crippen LogP contribution in [0.15, 0.2) is 29.2 Å². The summed E-state index contributed by atoms with van der Waals surface area (Å²) < 4.78 is 28.4. The largest absolute Gasteiger partial charge is 0.502 e. The first-order chi connectivity index (χ1) is 14.7. The number of benzene rings is 1. The third-order valence-electron chi connectivity index (χ3n) is 6.11. The minimum atomic E-state index is -0.925. The monoisotopic (exact) mass is 431 g/mol. The highest BCUT2D eigenvalue weighted by Gasteiger charge is 2.44. The minimum Gasteiger partial charge on any atom is -0.502 e. The van der Waals surface area contributed by atoms with Gasteiger partial charge in [-0.1, -0.05) is 6.07 Å². The van der Waals surface area contributed by atoms with Crippen molar-refractivity contribution in [1.29, 1.82) is 0 Å². The molecular weight excluding hydrogens is 408 g/mol. The van der Waals surface area contributed by atoms with E-state index >= 15 is 0 Å². The molecule has 3 heterocycles. The second-order valence-corrected chi connectivity index (χ2v) is 7.95. The van der Waals surface area contributed by atoms with Gasteiger partial charge in [0.25, 0.3) is 5.91 Å². The molecule has 164 valence electrons. The van der Waals surface area contributed by atoms with Crippen LogP contribution < -0.4 is 10.4 Å². The van der Waals surface area contributed by atoms with Gasteiger partial charge in [0.1, 0.15) is 17.8 Å². The highest BCUT2D eigenvalue weighted by molar-refractivity contribution is 6.00. The molecule has 1 saturated heterocycles. The summed E-state index contributed by atoms with van der Waals surface area (Å²) in [6.45, 7) is 4.22. The molecule has 0 spiro atoms. The molecule has 2 atom stereocenters. The summed E-state index contributed by atoms with van der Waals surface area (Å²) in [5.41, 5.74) is -1.19. The Hall–Kier alpha value is -3.23. The normalized spacial score (nSPS) is 20.1. The van der Waals surface area contributed by atoms with E-state index in [-0.39, 0.29) is 41.9 Å². The number of aryl methyl sites for hydroxylation is 1.